The van der Waals surface area contributed by atoms with Crippen LogP contribution >= 0.6 is 0 Å². The first-order valence-corrected chi connectivity index (χ1v) is 13.5. The first-order valence-electron chi connectivity index (χ1n) is 12.0. The number of carbonyl (C=O) groups is 1. The smallest absolute Gasteiger partial charge is 0.475 e. The van der Waals surface area contributed by atoms with Gasteiger partial charge in [0.05, 0.1) is 29.2 Å². The third-order valence-corrected chi connectivity index (χ3v) is 8.37. The number of pyridine rings is 1. The quantitative estimate of drug-likeness (QED) is 0.363. The van der Waals surface area contributed by atoms with Crippen molar-refractivity contribution in [1.82, 2.24) is 18.5 Å². The highest BCUT2D eigenvalue weighted by molar-refractivity contribution is 7.90. The number of aliphatic carboxylic acids is 1. The van der Waals surface area contributed by atoms with Gasteiger partial charge < -0.3 is 15.4 Å². The van der Waals surface area contributed by atoms with Gasteiger partial charge in [0, 0.05) is 24.0 Å². The van der Waals surface area contributed by atoms with E-state index in [9.17, 15) is 21.6 Å². The lowest BCUT2D eigenvalue weighted by Crippen LogP contribution is -2.21. The van der Waals surface area contributed by atoms with E-state index < -0.39 is 22.2 Å². The van der Waals surface area contributed by atoms with Crippen molar-refractivity contribution in [2.75, 3.05) is 0 Å². The first-order chi connectivity index (χ1) is 18.5. The molecule has 5 rings (SSSR count). The van der Waals surface area contributed by atoms with E-state index in [0.717, 1.165) is 42.4 Å². The molecule has 1 aliphatic rings. The van der Waals surface area contributed by atoms with Crippen molar-refractivity contribution in [1.29, 1.82) is 5.26 Å². The number of halogens is 3. The van der Waals surface area contributed by atoms with E-state index in [-0.39, 0.29) is 17.5 Å². The van der Waals surface area contributed by atoms with Crippen LogP contribution in [0, 0.1) is 17.2 Å². The number of hydrogen-bond donors (Lipinski definition) is 2. The Morgan fingerprint density at radius 1 is 1.15 bits per heavy atom. The summed E-state index contributed by atoms with van der Waals surface area (Å²) < 4.78 is 61.6. The van der Waals surface area contributed by atoms with Crippen molar-refractivity contribution in [2.24, 2.45) is 11.7 Å². The van der Waals surface area contributed by atoms with Crippen molar-refractivity contribution in [3.8, 4) is 6.07 Å². The standard InChI is InChI=1S/C23H24N6O2S.C2HF3O2/c24-12-10-16-6-8-17(9-7-16)29-21(14-25)27-20-15-26-23-19(22(20)29)11-13-28(23)32(30,31)18-4-2-1-3-5-18;3-2(4,5)1(6)7/h1-5,11,13,15-17H,6-10,14,25H2;(H,6,7). The Labute approximate surface area is 221 Å². The second-order valence-corrected chi connectivity index (χ2v) is 10.9. The van der Waals surface area contributed by atoms with Crippen LogP contribution in [0.25, 0.3) is 22.1 Å². The van der Waals surface area contributed by atoms with Gasteiger partial charge in [0.1, 0.15) is 11.3 Å². The molecule has 206 valence electrons. The zero-order chi connectivity index (χ0) is 28.4. The number of benzene rings is 1. The van der Waals surface area contributed by atoms with Gasteiger partial charge in [0.25, 0.3) is 10.0 Å². The summed E-state index contributed by atoms with van der Waals surface area (Å²) in [7, 11) is -3.77. The Kier molecular flexibility index (Phi) is 7.94. The molecule has 14 heteroatoms. The fraction of sp³-hybridized carbons (Fsp3) is 0.360. The molecular weight excluding hydrogens is 537 g/mol. The highest BCUT2D eigenvalue weighted by Gasteiger charge is 2.38. The van der Waals surface area contributed by atoms with Gasteiger partial charge in [-0.2, -0.15) is 18.4 Å². The lowest BCUT2D eigenvalue weighted by atomic mass is 9.84. The molecule has 10 nitrogen and oxygen atoms in total. The molecule has 1 fully saturated rings. The maximum atomic E-state index is 13.2. The summed E-state index contributed by atoms with van der Waals surface area (Å²) >= 11 is 0. The summed E-state index contributed by atoms with van der Waals surface area (Å²) in [6.45, 7) is 0.289. The van der Waals surface area contributed by atoms with Gasteiger partial charge in [-0.3, -0.25) is 0 Å². The SMILES string of the molecule is N#CCC1CCC(n2c(CN)nc3cnc4c(ccn4S(=O)(=O)c4ccccc4)c32)CC1.O=C(O)C(F)(F)F. The van der Waals surface area contributed by atoms with Gasteiger partial charge in [-0.1, -0.05) is 18.2 Å². The predicted octanol–water partition coefficient (Wildman–Crippen LogP) is 4.36. The molecular formula is C25H25F3N6O4S. The molecule has 0 saturated heterocycles. The molecule has 0 atom stereocenters. The minimum absolute atomic E-state index is 0.214. The number of rotatable bonds is 5. The number of nitrogens with two attached hydrogens (primary N) is 1. The first kappa shape index (κ1) is 28.1. The van der Waals surface area contributed by atoms with Crippen molar-refractivity contribution in [3.05, 3.63) is 54.6 Å². The van der Waals surface area contributed by atoms with Crippen LogP contribution in [0.15, 0.2) is 53.7 Å². The van der Waals surface area contributed by atoms with Crippen LogP contribution in [-0.4, -0.2) is 44.2 Å². The maximum Gasteiger partial charge on any atom is 0.490 e. The summed E-state index contributed by atoms with van der Waals surface area (Å²) in [6, 6.07) is 12.7. The van der Waals surface area contributed by atoms with E-state index in [1.807, 2.05) is 0 Å². The van der Waals surface area contributed by atoms with Crippen LogP contribution < -0.4 is 5.73 Å². The normalized spacial score (nSPS) is 17.9. The minimum atomic E-state index is -5.08. The molecule has 1 aromatic carbocycles. The Morgan fingerprint density at radius 3 is 2.36 bits per heavy atom. The number of carboxylic acid groups (broad SMARTS) is 1. The summed E-state index contributed by atoms with van der Waals surface area (Å²) in [4.78, 5) is 18.3. The number of fused-ring (bicyclic) bond motifs is 3. The van der Waals surface area contributed by atoms with Gasteiger partial charge >= 0.3 is 12.1 Å². The van der Waals surface area contributed by atoms with Crippen molar-refractivity contribution >= 4 is 38.1 Å². The topological polar surface area (TPSA) is 157 Å². The lowest BCUT2D eigenvalue weighted by Gasteiger charge is -2.29. The molecule has 0 unspecified atom stereocenters. The van der Waals surface area contributed by atoms with Gasteiger partial charge in [-0.25, -0.2) is 27.2 Å². The second kappa shape index (κ2) is 11.0. The number of carboxylic acids is 1. The fourth-order valence-electron chi connectivity index (χ4n) is 4.87. The molecule has 1 saturated carbocycles. The lowest BCUT2D eigenvalue weighted by molar-refractivity contribution is -0.192. The molecule has 4 aromatic rings. The molecule has 39 heavy (non-hydrogen) atoms. The molecule has 3 aromatic heterocycles. The number of nitrogens with zero attached hydrogens (tertiary/aromatic N) is 5. The fourth-order valence-corrected chi connectivity index (χ4v) is 6.19. The Morgan fingerprint density at radius 2 is 1.79 bits per heavy atom. The minimum Gasteiger partial charge on any atom is -0.475 e. The van der Waals surface area contributed by atoms with Crippen LogP contribution in [-0.2, 0) is 21.4 Å². The second-order valence-electron chi connectivity index (χ2n) is 9.10. The largest absolute Gasteiger partial charge is 0.490 e. The van der Waals surface area contributed by atoms with Gasteiger partial charge in [-0.05, 0) is 49.8 Å². The summed E-state index contributed by atoms with van der Waals surface area (Å²) in [6.07, 6.45) is 2.55. The van der Waals surface area contributed by atoms with Gasteiger partial charge in [0.2, 0.25) is 0 Å². The molecule has 0 amide bonds. The van der Waals surface area contributed by atoms with E-state index in [0.29, 0.717) is 23.5 Å². The zero-order valence-corrected chi connectivity index (χ0v) is 21.4. The third-order valence-electron chi connectivity index (χ3n) is 6.69. The predicted molar refractivity (Wildman–Crippen MR) is 135 cm³/mol. The molecule has 0 aliphatic heterocycles. The number of nitriles is 1. The van der Waals surface area contributed by atoms with E-state index in [1.165, 1.54) is 3.97 Å². The number of hydrogen-bond acceptors (Lipinski definition) is 7. The Balaban J connectivity index is 0.000000448. The number of alkyl halides is 3. The summed E-state index contributed by atoms with van der Waals surface area (Å²) in [5, 5.41) is 16.9. The van der Waals surface area contributed by atoms with Crippen LogP contribution in [0.2, 0.25) is 0 Å². The number of imidazole rings is 1. The average Bonchev–Trinajstić information content (AvgIpc) is 3.51. The van der Waals surface area contributed by atoms with Gasteiger partial charge in [-0.15, -0.1) is 0 Å². The van der Waals surface area contributed by atoms with Crippen molar-refractivity contribution in [3.63, 3.8) is 0 Å². The molecule has 0 radical (unpaired) electrons. The number of aromatic nitrogens is 4. The van der Waals surface area contributed by atoms with Crippen molar-refractivity contribution < 1.29 is 31.5 Å². The van der Waals surface area contributed by atoms with Crippen LogP contribution in [0.5, 0.6) is 0 Å². The van der Waals surface area contributed by atoms with E-state index in [1.54, 1.807) is 48.8 Å². The Hall–Kier alpha value is -3.96. The van der Waals surface area contributed by atoms with E-state index >= 15 is 0 Å². The maximum absolute atomic E-state index is 13.2. The molecule has 0 bridgehead atoms. The zero-order valence-electron chi connectivity index (χ0n) is 20.5. The van der Waals surface area contributed by atoms with Crippen molar-refractivity contribution in [2.45, 2.75) is 55.8 Å². The summed E-state index contributed by atoms with van der Waals surface area (Å²) in [5.74, 6) is -1.55. The van der Waals surface area contributed by atoms with E-state index in [2.05, 4.69) is 15.6 Å². The molecule has 1 aliphatic carbocycles. The average molecular weight is 563 g/mol. The molecule has 0 spiro atoms. The van der Waals surface area contributed by atoms with Crippen LogP contribution in [0.1, 0.15) is 44.0 Å². The summed E-state index contributed by atoms with van der Waals surface area (Å²) in [5.41, 5.74) is 8.01. The third kappa shape index (κ3) is 5.59. The molecule has 3 heterocycles. The highest BCUT2D eigenvalue weighted by Crippen LogP contribution is 2.38. The monoisotopic (exact) mass is 562 g/mol. The molecule has 3 N–H and O–H groups in total. The van der Waals surface area contributed by atoms with E-state index in [4.69, 9.17) is 25.9 Å². The highest BCUT2D eigenvalue weighted by atomic mass is 32.2. The van der Waals surface area contributed by atoms with Crippen LogP contribution in [0.4, 0.5) is 13.2 Å². The van der Waals surface area contributed by atoms with Crippen LogP contribution in [0.3, 0.4) is 0 Å². The van der Waals surface area contributed by atoms with Gasteiger partial charge in [0.15, 0.2) is 5.65 Å². The Bertz CT molecular complexity index is 1630.